The van der Waals surface area contributed by atoms with E-state index in [9.17, 15) is 16.4 Å². The highest BCUT2D eigenvalue weighted by atomic mass is 15.2. The molecule has 0 saturated heterocycles. The van der Waals surface area contributed by atoms with Crippen LogP contribution in [0.2, 0.25) is 0 Å². The molecule has 0 unspecified atom stereocenters. The number of anilines is 6. The van der Waals surface area contributed by atoms with Crippen LogP contribution >= 0.6 is 0 Å². The van der Waals surface area contributed by atoms with Crippen molar-refractivity contribution < 1.29 is 20.6 Å². The molecule has 1 aliphatic carbocycles. The fourth-order valence-electron chi connectivity index (χ4n) is 17.2. The lowest BCUT2D eigenvalue weighted by Crippen LogP contribution is -2.61. The Hall–Kier alpha value is -12.2. The first-order valence-electron chi connectivity index (χ1n) is 44.3. The van der Waals surface area contributed by atoms with Gasteiger partial charge in [-0.1, -0.05) is 347 Å². The Bertz CT molecular complexity index is 6880. The molecular weight excluding hydrogens is 1290 g/mol. The molecular formula is C103H84BN3. The van der Waals surface area contributed by atoms with Crippen LogP contribution in [0.25, 0.3) is 94.3 Å². The van der Waals surface area contributed by atoms with Crippen LogP contribution in [0.1, 0.15) is 122 Å². The highest BCUT2D eigenvalue weighted by molar-refractivity contribution is 7.00. The second-order valence-corrected chi connectivity index (χ2v) is 31.7. The largest absolute Gasteiger partial charge is 0.311 e. The van der Waals surface area contributed by atoms with Gasteiger partial charge in [0.25, 0.3) is 6.71 Å². The van der Waals surface area contributed by atoms with Crippen LogP contribution in [0.5, 0.6) is 0 Å². The molecule has 0 spiro atoms. The van der Waals surface area contributed by atoms with E-state index in [0.29, 0.717) is 44.6 Å². The van der Waals surface area contributed by atoms with Crippen LogP contribution in [-0.4, -0.2) is 11.3 Å². The molecule has 107 heavy (non-hydrogen) atoms. The van der Waals surface area contributed by atoms with Crippen molar-refractivity contribution in [3.05, 3.63) is 384 Å². The van der Waals surface area contributed by atoms with E-state index in [1.807, 2.05) is 84.9 Å². The average Bonchev–Trinajstić information content (AvgIpc) is 1.51. The van der Waals surface area contributed by atoms with E-state index in [1.54, 1.807) is 12.1 Å². The van der Waals surface area contributed by atoms with Crippen LogP contribution in [0.3, 0.4) is 0 Å². The van der Waals surface area contributed by atoms with E-state index in [-0.39, 0.29) is 45.0 Å². The van der Waals surface area contributed by atoms with Crippen LogP contribution in [0.4, 0.5) is 34.1 Å². The molecule has 15 aromatic carbocycles. The molecule has 3 aliphatic rings. The van der Waals surface area contributed by atoms with E-state index < -0.39 is 90.7 Å². The molecule has 3 nitrogen and oxygen atoms in total. The zero-order chi connectivity index (χ0) is 85.7. The lowest BCUT2D eigenvalue weighted by molar-refractivity contribution is 0.590. The van der Waals surface area contributed by atoms with Crippen molar-refractivity contribution in [1.29, 1.82) is 0 Å². The minimum absolute atomic E-state index is 0.0176. The normalized spacial score (nSPS) is 15.4. The van der Waals surface area contributed by atoms with Crippen molar-refractivity contribution in [2.75, 3.05) is 9.80 Å². The van der Waals surface area contributed by atoms with E-state index in [4.69, 9.17) is 4.11 Å². The maximum absolute atomic E-state index is 10.1. The lowest BCUT2D eigenvalue weighted by atomic mass is 9.33. The Morgan fingerprint density at radius 1 is 0.308 bits per heavy atom. The number of hydrogen-bond donors (Lipinski definition) is 0. The number of benzene rings is 15. The molecule has 0 bridgehead atoms. The Labute approximate surface area is 651 Å². The number of aromatic nitrogens is 1. The van der Waals surface area contributed by atoms with Crippen LogP contribution in [0, 0.1) is 0 Å². The summed E-state index contributed by atoms with van der Waals surface area (Å²) in [5.41, 5.74) is 18.3. The summed E-state index contributed by atoms with van der Waals surface area (Å²) in [5.74, 6) is 0. The van der Waals surface area contributed by atoms with Crippen molar-refractivity contribution in [3.8, 4) is 72.4 Å². The highest BCUT2D eigenvalue weighted by Gasteiger charge is 2.49. The van der Waals surface area contributed by atoms with E-state index >= 15 is 0 Å². The molecule has 514 valence electrons. The molecule has 3 heterocycles. The maximum Gasteiger partial charge on any atom is 0.252 e. The Morgan fingerprint density at radius 2 is 0.776 bits per heavy atom. The quantitative estimate of drug-likeness (QED) is 0.126. The molecule has 0 N–H and O–H groups in total. The molecule has 16 aromatic rings. The number of rotatable bonds is 10. The van der Waals surface area contributed by atoms with Gasteiger partial charge >= 0.3 is 0 Å². The van der Waals surface area contributed by atoms with Gasteiger partial charge in [0.15, 0.2) is 0 Å². The summed E-state index contributed by atoms with van der Waals surface area (Å²) in [6.07, 6.45) is 0. The summed E-state index contributed by atoms with van der Waals surface area (Å²) >= 11 is 0. The SMILES string of the molecule is [2H]c1c([2H])c([2H])c(-c2ccc3c(c2)N(c2ccc(C(C)(C)C)cc2-c2ccccc2)c2cc(-n4c5ccc(C(C)(C)C)cc5c5cc(C(C)(C)C)ccc54)cc4c2B3c2cc(-c3cccc5c3C(c3c([2H])c([2H])c([2H])c([2H])c3[2H])(c3c([2H])c([2H])c([2H])c([2H])c3[2H])c3ccccc3-5)ccc2N4c2c(-c3ccccc3)cccc2-c2ccccc2)c([2H])c1[2H]. The second-order valence-electron chi connectivity index (χ2n) is 31.7. The number of hydrogen-bond acceptors (Lipinski definition) is 2. The lowest BCUT2D eigenvalue weighted by Gasteiger charge is -2.46. The predicted molar refractivity (Wildman–Crippen MR) is 455 cm³/mol. The third kappa shape index (κ3) is 10.5. The Kier molecular flexibility index (Phi) is 11.9. The van der Waals surface area contributed by atoms with Gasteiger partial charge in [0.1, 0.15) is 0 Å². The average molecular weight is 1390 g/mol. The molecule has 0 amide bonds. The monoisotopic (exact) mass is 1390 g/mol. The molecule has 1 aromatic heterocycles. The van der Waals surface area contributed by atoms with Crippen molar-refractivity contribution in [2.45, 2.75) is 84.0 Å². The van der Waals surface area contributed by atoms with Gasteiger partial charge in [-0.2, -0.15) is 0 Å². The van der Waals surface area contributed by atoms with Gasteiger partial charge in [0.05, 0.1) is 54.1 Å². The minimum atomic E-state index is -2.22. The first-order chi connectivity index (χ1) is 58.2. The molecule has 4 heteroatoms. The summed E-state index contributed by atoms with van der Waals surface area (Å²) in [7, 11) is 0. The van der Waals surface area contributed by atoms with Crippen molar-refractivity contribution >= 4 is 79.0 Å². The van der Waals surface area contributed by atoms with Crippen molar-refractivity contribution in [3.63, 3.8) is 0 Å². The minimum Gasteiger partial charge on any atom is -0.311 e. The number of nitrogens with zero attached hydrogens (tertiary/aromatic N) is 3. The first kappa shape index (κ1) is 51.0. The summed E-state index contributed by atoms with van der Waals surface area (Å²) in [6, 6.07) is 79.1. The Balaban J connectivity index is 1.02. The fourth-order valence-corrected chi connectivity index (χ4v) is 17.2. The van der Waals surface area contributed by atoms with Gasteiger partial charge in [0, 0.05) is 50.2 Å². The third-order valence-electron chi connectivity index (χ3n) is 22.3. The first-order valence-corrected chi connectivity index (χ1v) is 36.8. The highest BCUT2D eigenvalue weighted by Crippen LogP contribution is 2.60. The van der Waals surface area contributed by atoms with Gasteiger partial charge in [-0.15, -0.1) is 0 Å². The topological polar surface area (TPSA) is 11.4 Å². The zero-order valence-corrected chi connectivity index (χ0v) is 61.2. The van der Waals surface area contributed by atoms with Gasteiger partial charge in [-0.25, -0.2) is 0 Å². The third-order valence-corrected chi connectivity index (χ3v) is 22.3. The summed E-state index contributed by atoms with van der Waals surface area (Å²) in [6.45, 7) is 19.3. The molecule has 0 fully saturated rings. The predicted octanol–water partition coefficient (Wildman–Crippen LogP) is 25.5. The summed E-state index contributed by atoms with van der Waals surface area (Å²) in [4.78, 5) is 4.75. The summed E-state index contributed by atoms with van der Waals surface area (Å²) < 4.78 is 146. The summed E-state index contributed by atoms with van der Waals surface area (Å²) in [5, 5.41) is 2.15. The number of para-hydroxylation sites is 1. The molecule has 0 saturated carbocycles. The van der Waals surface area contributed by atoms with E-state index in [0.717, 1.165) is 111 Å². The van der Waals surface area contributed by atoms with Gasteiger partial charge in [0.2, 0.25) is 0 Å². The smallest absolute Gasteiger partial charge is 0.252 e. The Morgan fingerprint density at radius 3 is 1.35 bits per heavy atom. The molecule has 0 radical (unpaired) electrons. The van der Waals surface area contributed by atoms with E-state index in [2.05, 4.69) is 234 Å². The fraction of sp³-hybridized carbons (Fsp3) is 0.126. The van der Waals surface area contributed by atoms with E-state index in [1.165, 1.54) is 11.1 Å². The van der Waals surface area contributed by atoms with Crippen LogP contribution in [-0.2, 0) is 21.7 Å². The standard InChI is InChI=1S/C103H84BN3/c1-100(2,3)75-52-57-90(84(62-75)70-38-22-13-23-39-70)106-94-61-71(67-32-16-10-17-33-67)50-55-88(94)104-89-60-72(79-45-30-48-83-82-44-28-29-49-87(82)103(97(79)83,73-40-24-14-25-41-73)74-42-26-15-27-43-74)51-56-93(89)107(99-80(68-34-18-11-19-35-68)46-31-47-81(99)69-36-20-12-21-37-69)96-66-78(65-95(106)98(96)104)105-91-58-53-76(101(4,5)6)63-85(91)86-64-77(102(7,8)9)54-59-92(86)105/h10-66H,1-9H3/i10D,14D,15D,16D,17D,24D,25D,26D,27D,32D,33D,40D,41D,42D,43D. The molecule has 0 atom stereocenters. The van der Waals surface area contributed by atoms with Crippen molar-refractivity contribution in [1.82, 2.24) is 4.57 Å². The van der Waals surface area contributed by atoms with Crippen LogP contribution < -0.4 is 26.2 Å². The van der Waals surface area contributed by atoms with Gasteiger partial charge in [-0.05, 0) is 182 Å². The van der Waals surface area contributed by atoms with Crippen LogP contribution in [0.15, 0.2) is 345 Å². The van der Waals surface area contributed by atoms with Gasteiger partial charge < -0.3 is 14.4 Å². The van der Waals surface area contributed by atoms with Crippen molar-refractivity contribution in [2.24, 2.45) is 0 Å². The number of fused-ring (bicyclic) bond motifs is 10. The zero-order valence-electron chi connectivity index (χ0n) is 76.2. The molecule has 2 aliphatic heterocycles. The maximum atomic E-state index is 10.1. The second kappa shape index (κ2) is 25.0. The van der Waals surface area contributed by atoms with Gasteiger partial charge in [-0.3, -0.25) is 0 Å². The molecule has 19 rings (SSSR count).